The summed E-state index contributed by atoms with van der Waals surface area (Å²) in [5.74, 6) is 0.876. The maximum atomic E-state index is 5.52. The first kappa shape index (κ1) is 12.6. The van der Waals surface area contributed by atoms with Crippen LogP contribution in [0.25, 0.3) is 0 Å². The minimum atomic E-state index is 0.0363. The number of benzene rings is 1. The van der Waals surface area contributed by atoms with Gasteiger partial charge < -0.3 is 10.1 Å². The molecule has 1 heterocycles. The van der Waals surface area contributed by atoms with E-state index in [1.807, 2.05) is 25.1 Å². The van der Waals surface area contributed by atoms with Gasteiger partial charge in [-0.3, -0.25) is 0 Å². The fourth-order valence-corrected chi connectivity index (χ4v) is 1.90. The van der Waals surface area contributed by atoms with Gasteiger partial charge >= 0.3 is 0 Å². The van der Waals surface area contributed by atoms with Gasteiger partial charge in [0.15, 0.2) is 0 Å². The summed E-state index contributed by atoms with van der Waals surface area (Å²) in [6.45, 7) is 5.57. The highest BCUT2D eigenvalue weighted by Crippen LogP contribution is 2.23. The van der Waals surface area contributed by atoms with E-state index in [1.165, 1.54) is 0 Å². The average molecular weight is 246 g/mol. The summed E-state index contributed by atoms with van der Waals surface area (Å²) in [5, 5.41) is 14.0. The van der Waals surface area contributed by atoms with E-state index in [0.717, 1.165) is 23.6 Å². The van der Waals surface area contributed by atoms with E-state index in [1.54, 1.807) is 6.20 Å². The van der Waals surface area contributed by atoms with Gasteiger partial charge in [-0.15, -0.1) is 0 Å². The lowest BCUT2D eigenvalue weighted by molar-refractivity contribution is 0.339. The van der Waals surface area contributed by atoms with Crippen LogP contribution in [0.3, 0.4) is 0 Å². The number of aromatic amines is 1. The van der Waals surface area contributed by atoms with Crippen molar-refractivity contribution < 1.29 is 4.74 Å². The maximum Gasteiger partial charge on any atom is 0.119 e. The molecule has 2 aromatic rings. The standard InChI is InChI=1S/C13H18N4O/c1-3-14-13(12-9-15-17-16-12)10-6-5-7-11(8-10)18-4-2/h5-9,13-14H,3-4H2,1-2H3,(H,15,16,17). The van der Waals surface area contributed by atoms with Crippen LogP contribution in [-0.2, 0) is 0 Å². The summed E-state index contributed by atoms with van der Waals surface area (Å²) in [6.07, 6.45) is 1.74. The Bertz CT molecular complexity index is 470. The molecule has 0 fully saturated rings. The lowest BCUT2D eigenvalue weighted by Gasteiger charge is -2.16. The maximum absolute atomic E-state index is 5.52. The van der Waals surface area contributed by atoms with Gasteiger partial charge in [0.05, 0.1) is 18.8 Å². The summed E-state index contributed by atoms with van der Waals surface area (Å²) in [6, 6.07) is 8.08. The third-order valence-corrected chi connectivity index (χ3v) is 2.64. The molecule has 5 heteroatoms. The molecule has 0 spiro atoms. The van der Waals surface area contributed by atoms with Crippen molar-refractivity contribution in [2.45, 2.75) is 19.9 Å². The molecular weight excluding hydrogens is 228 g/mol. The molecular formula is C13H18N4O. The van der Waals surface area contributed by atoms with Gasteiger partial charge in [-0.25, -0.2) is 0 Å². The minimum absolute atomic E-state index is 0.0363. The van der Waals surface area contributed by atoms with Crippen LogP contribution in [0.15, 0.2) is 30.5 Å². The lowest BCUT2D eigenvalue weighted by atomic mass is 10.0. The molecule has 1 unspecified atom stereocenters. The molecule has 18 heavy (non-hydrogen) atoms. The molecule has 5 nitrogen and oxygen atoms in total. The van der Waals surface area contributed by atoms with Crippen LogP contribution in [0, 0.1) is 0 Å². The Morgan fingerprint density at radius 1 is 1.39 bits per heavy atom. The second kappa shape index (κ2) is 6.16. The molecule has 0 aliphatic heterocycles. The molecule has 0 radical (unpaired) electrons. The van der Waals surface area contributed by atoms with Crippen molar-refractivity contribution in [2.24, 2.45) is 0 Å². The molecule has 0 bridgehead atoms. The summed E-state index contributed by atoms with van der Waals surface area (Å²) in [4.78, 5) is 0. The van der Waals surface area contributed by atoms with Gasteiger partial charge in [-0.1, -0.05) is 19.1 Å². The predicted octanol–water partition coefficient (Wildman–Crippen LogP) is 1.90. The Morgan fingerprint density at radius 2 is 2.28 bits per heavy atom. The third-order valence-electron chi connectivity index (χ3n) is 2.64. The molecule has 0 aliphatic carbocycles. The van der Waals surface area contributed by atoms with Crippen molar-refractivity contribution in [1.82, 2.24) is 20.7 Å². The average Bonchev–Trinajstić information content (AvgIpc) is 2.90. The van der Waals surface area contributed by atoms with Crippen molar-refractivity contribution in [1.29, 1.82) is 0 Å². The number of nitrogens with one attached hydrogen (secondary N) is 2. The highest BCUT2D eigenvalue weighted by atomic mass is 16.5. The van der Waals surface area contributed by atoms with E-state index in [9.17, 15) is 0 Å². The number of H-pyrrole nitrogens is 1. The van der Waals surface area contributed by atoms with Crippen molar-refractivity contribution in [2.75, 3.05) is 13.2 Å². The summed E-state index contributed by atoms with van der Waals surface area (Å²) < 4.78 is 5.52. The van der Waals surface area contributed by atoms with Crippen LogP contribution in [-0.4, -0.2) is 28.6 Å². The van der Waals surface area contributed by atoms with Gasteiger partial charge in [0.2, 0.25) is 0 Å². The topological polar surface area (TPSA) is 62.8 Å². The fourth-order valence-electron chi connectivity index (χ4n) is 1.90. The quantitative estimate of drug-likeness (QED) is 0.817. The number of hydrogen-bond donors (Lipinski definition) is 2. The zero-order chi connectivity index (χ0) is 12.8. The number of rotatable bonds is 6. The molecule has 1 aromatic heterocycles. The lowest BCUT2D eigenvalue weighted by Crippen LogP contribution is -2.22. The highest BCUT2D eigenvalue weighted by molar-refractivity contribution is 5.34. The first-order chi connectivity index (χ1) is 8.85. The summed E-state index contributed by atoms with van der Waals surface area (Å²) in [5.41, 5.74) is 2.00. The first-order valence-corrected chi connectivity index (χ1v) is 6.17. The first-order valence-electron chi connectivity index (χ1n) is 6.17. The third kappa shape index (κ3) is 2.87. The fraction of sp³-hybridized carbons (Fsp3) is 0.385. The molecule has 1 atom stereocenters. The van der Waals surface area contributed by atoms with E-state index in [-0.39, 0.29) is 6.04 Å². The van der Waals surface area contributed by atoms with E-state index in [2.05, 4.69) is 33.7 Å². The molecule has 0 saturated carbocycles. The van der Waals surface area contributed by atoms with E-state index in [4.69, 9.17) is 4.74 Å². The smallest absolute Gasteiger partial charge is 0.119 e. The molecule has 2 N–H and O–H groups in total. The number of hydrogen-bond acceptors (Lipinski definition) is 4. The van der Waals surface area contributed by atoms with Crippen LogP contribution in [0.1, 0.15) is 31.1 Å². The Hall–Kier alpha value is -1.88. The van der Waals surface area contributed by atoms with Crippen LogP contribution >= 0.6 is 0 Å². The van der Waals surface area contributed by atoms with Crippen molar-refractivity contribution in [3.8, 4) is 5.75 Å². The van der Waals surface area contributed by atoms with E-state index in [0.29, 0.717) is 6.61 Å². The van der Waals surface area contributed by atoms with E-state index < -0.39 is 0 Å². The van der Waals surface area contributed by atoms with Gasteiger partial charge in [0.25, 0.3) is 0 Å². The van der Waals surface area contributed by atoms with Crippen molar-refractivity contribution >= 4 is 0 Å². The molecule has 0 aliphatic rings. The van der Waals surface area contributed by atoms with E-state index >= 15 is 0 Å². The van der Waals surface area contributed by atoms with Crippen molar-refractivity contribution in [3.63, 3.8) is 0 Å². The Labute approximate surface area is 107 Å². The van der Waals surface area contributed by atoms with Gasteiger partial charge in [0, 0.05) is 0 Å². The van der Waals surface area contributed by atoms with Crippen LogP contribution in [0.5, 0.6) is 5.75 Å². The van der Waals surface area contributed by atoms with Crippen molar-refractivity contribution in [3.05, 3.63) is 41.7 Å². The Balaban J connectivity index is 2.27. The Kier molecular flexibility index (Phi) is 4.30. The predicted molar refractivity (Wildman–Crippen MR) is 69.5 cm³/mol. The monoisotopic (exact) mass is 246 g/mol. The Morgan fingerprint density at radius 3 is 2.94 bits per heavy atom. The molecule has 0 amide bonds. The van der Waals surface area contributed by atoms with Crippen LogP contribution < -0.4 is 10.1 Å². The van der Waals surface area contributed by atoms with Crippen LogP contribution in [0.2, 0.25) is 0 Å². The number of nitrogens with zero attached hydrogens (tertiary/aromatic N) is 2. The molecule has 1 aromatic carbocycles. The number of ether oxygens (including phenoxy) is 1. The highest BCUT2D eigenvalue weighted by Gasteiger charge is 2.15. The second-order valence-corrected chi connectivity index (χ2v) is 3.89. The van der Waals surface area contributed by atoms with Gasteiger partial charge in [-0.2, -0.15) is 15.4 Å². The largest absolute Gasteiger partial charge is 0.494 e. The van der Waals surface area contributed by atoms with Gasteiger partial charge in [0.1, 0.15) is 11.4 Å². The molecule has 0 saturated heterocycles. The molecule has 96 valence electrons. The van der Waals surface area contributed by atoms with Gasteiger partial charge in [-0.05, 0) is 31.2 Å². The minimum Gasteiger partial charge on any atom is -0.494 e. The normalized spacial score (nSPS) is 12.3. The zero-order valence-electron chi connectivity index (χ0n) is 10.7. The molecule has 2 rings (SSSR count). The number of aromatic nitrogens is 3. The zero-order valence-corrected chi connectivity index (χ0v) is 10.7. The van der Waals surface area contributed by atoms with Crippen LogP contribution in [0.4, 0.5) is 0 Å². The SMILES string of the molecule is CCNC(c1cccc(OCC)c1)c1cn[nH]n1. The summed E-state index contributed by atoms with van der Waals surface area (Å²) >= 11 is 0. The summed E-state index contributed by atoms with van der Waals surface area (Å²) in [7, 11) is 0. The second-order valence-electron chi connectivity index (χ2n) is 3.89.